The van der Waals surface area contributed by atoms with Crippen molar-refractivity contribution in [3.05, 3.63) is 90.0 Å². The van der Waals surface area contributed by atoms with Gasteiger partial charge in [-0.25, -0.2) is 0 Å². The average Bonchev–Trinajstić information content (AvgIpc) is 3.03. The van der Waals surface area contributed by atoms with Crippen molar-refractivity contribution in [3.63, 3.8) is 0 Å². The van der Waals surface area contributed by atoms with Crippen LogP contribution in [0.5, 0.6) is 0 Å². The molecule has 0 saturated heterocycles. The first kappa shape index (κ1) is 14.1. The fourth-order valence-corrected chi connectivity index (χ4v) is 3.47. The van der Waals surface area contributed by atoms with Crippen LogP contribution < -0.4 is 5.32 Å². The van der Waals surface area contributed by atoms with Crippen molar-refractivity contribution in [1.82, 2.24) is 0 Å². The predicted molar refractivity (Wildman–Crippen MR) is 105 cm³/mol. The van der Waals surface area contributed by atoms with Gasteiger partial charge >= 0.3 is 0 Å². The van der Waals surface area contributed by atoms with E-state index in [0.29, 0.717) is 0 Å². The molecule has 0 bridgehead atoms. The first-order valence-corrected chi connectivity index (χ1v) is 8.52. The van der Waals surface area contributed by atoms with Crippen LogP contribution in [0.3, 0.4) is 0 Å². The number of nitrogens with one attached hydrogen (secondary N) is 1. The van der Waals surface area contributed by atoms with Crippen LogP contribution in [-0.2, 0) is 6.42 Å². The molecular formula is C23H17NO. The van der Waals surface area contributed by atoms with E-state index in [1.807, 2.05) is 12.1 Å². The molecule has 25 heavy (non-hydrogen) atoms. The zero-order valence-electron chi connectivity index (χ0n) is 13.7. The normalized spacial score (nSPS) is 16.0. The van der Waals surface area contributed by atoms with Gasteiger partial charge in [0, 0.05) is 27.7 Å². The fourth-order valence-electron chi connectivity index (χ4n) is 3.47. The van der Waals surface area contributed by atoms with E-state index in [1.54, 1.807) is 0 Å². The topological polar surface area (TPSA) is 25.2 Å². The predicted octanol–water partition coefficient (Wildman–Crippen LogP) is 6.46. The second-order valence-corrected chi connectivity index (χ2v) is 6.28. The molecule has 4 aromatic rings. The summed E-state index contributed by atoms with van der Waals surface area (Å²) in [5.41, 5.74) is 6.41. The Bertz CT molecular complexity index is 1150. The Hall–Kier alpha value is -3.26. The fraction of sp³-hybridized carbons (Fsp3) is 0.0435. The number of hydrogen-bond acceptors (Lipinski definition) is 2. The number of fused-ring (bicyclic) bond motifs is 6. The first-order chi connectivity index (χ1) is 12.4. The minimum absolute atomic E-state index is 0.912. The number of anilines is 2. The summed E-state index contributed by atoms with van der Waals surface area (Å²) in [6.07, 6.45) is 9.41. The highest BCUT2D eigenvalue weighted by molar-refractivity contribution is 6.09. The zero-order chi connectivity index (χ0) is 16.6. The van der Waals surface area contributed by atoms with Gasteiger partial charge in [0.15, 0.2) is 0 Å². The van der Waals surface area contributed by atoms with E-state index in [1.165, 1.54) is 5.56 Å². The molecule has 0 spiro atoms. The smallest absolute Gasteiger partial charge is 0.144 e. The van der Waals surface area contributed by atoms with E-state index >= 15 is 0 Å². The molecule has 1 N–H and O–H groups in total. The molecule has 120 valence electrons. The lowest BCUT2D eigenvalue weighted by Crippen LogP contribution is -1.98. The van der Waals surface area contributed by atoms with Gasteiger partial charge in [0.25, 0.3) is 0 Å². The standard InChI is InChI=1S/C23H17NO/c1-2-8-16-9-4-6-12-20(16)24-21-15-14-18-17-10-5-7-13-22(17)25-23(18)19(21)11-3-1/h1-7,9-15,24H,8H2/b2-1-,11-3+. The molecular weight excluding hydrogens is 306 g/mol. The van der Waals surface area contributed by atoms with Gasteiger partial charge < -0.3 is 9.73 Å². The molecule has 0 atom stereocenters. The maximum Gasteiger partial charge on any atom is 0.144 e. The summed E-state index contributed by atoms with van der Waals surface area (Å²) in [6, 6.07) is 20.9. The Balaban J connectivity index is 1.79. The van der Waals surface area contributed by atoms with E-state index in [2.05, 4.69) is 78.2 Å². The maximum atomic E-state index is 6.19. The molecule has 0 fully saturated rings. The molecule has 1 aromatic heterocycles. The lowest BCUT2D eigenvalue weighted by atomic mass is 10.0. The molecule has 3 aromatic carbocycles. The lowest BCUT2D eigenvalue weighted by Gasteiger charge is -2.14. The molecule has 0 unspecified atom stereocenters. The van der Waals surface area contributed by atoms with Crippen molar-refractivity contribution >= 4 is 39.4 Å². The van der Waals surface area contributed by atoms with Crippen LogP contribution in [0.25, 0.3) is 28.0 Å². The lowest BCUT2D eigenvalue weighted by molar-refractivity contribution is 0.668. The van der Waals surface area contributed by atoms with Crippen LogP contribution in [0.1, 0.15) is 11.1 Å². The first-order valence-electron chi connectivity index (χ1n) is 8.52. The van der Waals surface area contributed by atoms with Crippen LogP contribution in [0.15, 0.2) is 83.3 Å². The minimum atomic E-state index is 0.912. The van der Waals surface area contributed by atoms with Crippen LogP contribution in [0, 0.1) is 0 Å². The Morgan fingerprint density at radius 2 is 1.64 bits per heavy atom. The van der Waals surface area contributed by atoms with E-state index < -0.39 is 0 Å². The number of benzene rings is 3. The summed E-state index contributed by atoms with van der Waals surface area (Å²) < 4.78 is 6.19. The molecule has 5 rings (SSSR count). The molecule has 2 nitrogen and oxygen atoms in total. The van der Waals surface area contributed by atoms with Crippen molar-refractivity contribution < 1.29 is 4.42 Å². The number of rotatable bonds is 0. The number of para-hydroxylation sites is 2. The molecule has 0 aliphatic carbocycles. The van der Waals surface area contributed by atoms with Gasteiger partial charge in [0.2, 0.25) is 0 Å². The number of hydrogen-bond donors (Lipinski definition) is 1. The van der Waals surface area contributed by atoms with Crippen LogP contribution >= 0.6 is 0 Å². The summed E-state index contributed by atoms with van der Waals surface area (Å²) in [4.78, 5) is 0. The molecule has 1 aliphatic rings. The summed E-state index contributed by atoms with van der Waals surface area (Å²) in [5, 5.41) is 5.90. The molecule has 0 saturated carbocycles. The van der Waals surface area contributed by atoms with Gasteiger partial charge in [-0.05, 0) is 42.3 Å². The highest BCUT2D eigenvalue weighted by Crippen LogP contribution is 2.36. The summed E-state index contributed by atoms with van der Waals surface area (Å²) in [7, 11) is 0. The highest BCUT2D eigenvalue weighted by Gasteiger charge is 2.14. The molecule has 2 heterocycles. The second-order valence-electron chi connectivity index (χ2n) is 6.28. The second kappa shape index (κ2) is 5.67. The van der Waals surface area contributed by atoms with Gasteiger partial charge in [-0.1, -0.05) is 54.6 Å². The van der Waals surface area contributed by atoms with Crippen molar-refractivity contribution in [1.29, 1.82) is 0 Å². The highest BCUT2D eigenvalue weighted by atomic mass is 16.3. The Morgan fingerprint density at radius 3 is 2.64 bits per heavy atom. The average molecular weight is 323 g/mol. The largest absolute Gasteiger partial charge is 0.455 e. The molecule has 2 heteroatoms. The van der Waals surface area contributed by atoms with Crippen LogP contribution in [0.2, 0.25) is 0 Å². The van der Waals surface area contributed by atoms with Crippen molar-refractivity contribution in [2.45, 2.75) is 6.42 Å². The summed E-state index contributed by atoms with van der Waals surface area (Å²) in [6.45, 7) is 0. The van der Waals surface area contributed by atoms with Gasteiger partial charge in [-0.2, -0.15) is 0 Å². The van der Waals surface area contributed by atoms with E-state index in [4.69, 9.17) is 4.42 Å². The van der Waals surface area contributed by atoms with E-state index in [-0.39, 0.29) is 0 Å². The van der Waals surface area contributed by atoms with Gasteiger partial charge in [0.05, 0.1) is 0 Å². The Morgan fingerprint density at radius 1 is 0.760 bits per heavy atom. The number of furan rings is 1. The van der Waals surface area contributed by atoms with Gasteiger partial charge in [-0.15, -0.1) is 0 Å². The third-order valence-electron chi connectivity index (χ3n) is 4.72. The van der Waals surface area contributed by atoms with Crippen LogP contribution in [-0.4, -0.2) is 0 Å². The molecule has 1 aliphatic heterocycles. The van der Waals surface area contributed by atoms with E-state index in [9.17, 15) is 0 Å². The van der Waals surface area contributed by atoms with Gasteiger partial charge in [0.1, 0.15) is 11.2 Å². The van der Waals surface area contributed by atoms with Crippen molar-refractivity contribution in [2.24, 2.45) is 0 Å². The minimum Gasteiger partial charge on any atom is -0.455 e. The summed E-state index contributed by atoms with van der Waals surface area (Å²) >= 11 is 0. The SMILES string of the molecule is C1=C\Cc2ccccc2Nc2ccc3c(oc4ccccc43)c2/C=C/1. The Labute approximate surface area is 146 Å². The monoisotopic (exact) mass is 323 g/mol. The van der Waals surface area contributed by atoms with Crippen molar-refractivity contribution in [3.8, 4) is 0 Å². The third kappa shape index (κ3) is 2.34. The maximum absolute atomic E-state index is 6.19. The Kier molecular flexibility index (Phi) is 3.20. The van der Waals surface area contributed by atoms with E-state index in [0.717, 1.165) is 45.3 Å². The molecule has 0 radical (unpaired) electrons. The van der Waals surface area contributed by atoms with Gasteiger partial charge in [-0.3, -0.25) is 0 Å². The number of allylic oxidation sites excluding steroid dienone is 3. The quantitative estimate of drug-likeness (QED) is 0.402. The zero-order valence-corrected chi connectivity index (χ0v) is 13.7. The van der Waals surface area contributed by atoms with Crippen molar-refractivity contribution in [2.75, 3.05) is 5.32 Å². The summed E-state index contributed by atoms with van der Waals surface area (Å²) in [5.74, 6) is 0. The molecule has 0 amide bonds. The third-order valence-corrected chi connectivity index (χ3v) is 4.72. The van der Waals surface area contributed by atoms with Crippen LogP contribution in [0.4, 0.5) is 11.4 Å².